The Labute approximate surface area is 149 Å². The van der Waals surface area contributed by atoms with Crippen molar-refractivity contribution >= 4 is 11.8 Å². The molecule has 26 heavy (non-hydrogen) atoms. The fourth-order valence-corrected chi connectivity index (χ4v) is 3.96. The third-order valence-electron chi connectivity index (χ3n) is 5.15. The van der Waals surface area contributed by atoms with Crippen molar-refractivity contribution < 1.29 is 27.5 Å². The van der Waals surface area contributed by atoms with Crippen LogP contribution >= 0.6 is 0 Å². The first-order chi connectivity index (χ1) is 12.3. The Morgan fingerprint density at radius 1 is 1.19 bits per heavy atom. The number of carbonyl (C=O) groups excluding carboxylic acids is 2. The van der Waals surface area contributed by atoms with Crippen LogP contribution in [0.5, 0.6) is 0 Å². The number of fused-ring (bicyclic) bond motifs is 1. The first kappa shape index (κ1) is 18.5. The number of nitrogens with one attached hydrogen (secondary N) is 1. The Kier molecular flexibility index (Phi) is 5.07. The summed E-state index contributed by atoms with van der Waals surface area (Å²) in [5.74, 6) is -2.84. The van der Waals surface area contributed by atoms with Crippen LogP contribution in [0.2, 0.25) is 0 Å². The predicted molar refractivity (Wildman–Crippen MR) is 88.0 cm³/mol. The van der Waals surface area contributed by atoms with Crippen LogP contribution in [0.15, 0.2) is 41.6 Å². The van der Waals surface area contributed by atoms with Gasteiger partial charge in [0.2, 0.25) is 0 Å². The van der Waals surface area contributed by atoms with Gasteiger partial charge in [-0.2, -0.15) is 13.2 Å². The molecule has 1 aromatic carbocycles. The van der Waals surface area contributed by atoms with E-state index in [0.29, 0.717) is 6.42 Å². The fourth-order valence-electron chi connectivity index (χ4n) is 3.96. The second-order valence-corrected chi connectivity index (χ2v) is 6.71. The number of ether oxygens (including phenoxy) is 1. The number of hydrogen-bond donors (Lipinski definition) is 1. The van der Waals surface area contributed by atoms with Crippen LogP contribution in [0, 0.1) is 11.8 Å². The minimum Gasteiger partial charge on any atom is -0.467 e. The molecule has 0 saturated heterocycles. The molecule has 0 amide bonds. The highest BCUT2D eigenvalue weighted by Gasteiger charge is 2.53. The molecular formula is C19H20F3NO3. The normalized spacial score (nSPS) is 23.1. The predicted octanol–water partition coefficient (Wildman–Crippen LogP) is 3.18. The Balaban J connectivity index is 1.87. The molecule has 1 N–H and O–H groups in total. The van der Waals surface area contributed by atoms with Gasteiger partial charge in [0, 0.05) is 23.6 Å². The first-order valence-electron chi connectivity index (χ1n) is 8.56. The number of allylic oxidation sites excluding steroid dienone is 2. The fraction of sp³-hybridized carbons (Fsp3) is 0.474. The summed E-state index contributed by atoms with van der Waals surface area (Å²) in [4.78, 5) is 24.0. The Morgan fingerprint density at radius 2 is 1.85 bits per heavy atom. The van der Waals surface area contributed by atoms with Crippen LogP contribution < -0.4 is 5.32 Å². The summed E-state index contributed by atoms with van der Waals surface area (Å²) in [5.41, 5.74) is 0.908. The minimum atomic E-state index is -4.91. The maximum atomic E-state index is 13.0. The topological polar surface area (TPSA) is 55.4 Å². The van der Waals surface area contributed by atoms with Crippen molar-refractivity contribution in [2.75, 3.05) is 7.11 Å². The van der Waals surface area contributed by atoms with Gasteiger partial charge in [-0.1, -0.05) is 36.8 Å². The molecule has 3 unspecified atom stereocenters. The van der Waals surface area contributed by atoms with Crippen molar-refractivity contribution in [1.29, 1.82) is 0 Å². The molecule has 0 spiro atoms. The third kappa shape index (κ3) is 3.48. The van der Waals surface area contributed by atoms with Crippen molar-refractivity contribution in [3.63, 3.8) is 0 Å². The molecule has 0 aromatic heterocycles. The van der Waals surface area contributed by atoms with Gasteiger partial charge in [0.25, 0.3) is 5.78 Å². The monoisotopic (exact) mass is 367 g/mol. The lowest BCUT2D eigenvalue weighted by Gasteiger charge is -2.39. The molecule has 3 atom stereocenters. The van der Waals surface area contributed by atoms with E-state index >= 15 is 0 Å². The van der Waals surface area contributed by atoms with Crippen molar-refractivity contribution in [2.24, 2.45) is 11.8 Å². The maximum absolute atomic E-state index is 13.0. The van der Waals surface area contributed by atoms with Crippen molar-refractivity contribution in [3.8, 4) is 0 Å². The molecule has 140 valence electrons. The van der Waals surface area contributed by atoms with Gasteiger partial charge in [0.1, 0.15) is 6.04 Å². The quantitative estimate of drug-likeness (QED) is 0.785. The molecule has 2 aliphatic carbocycles. The molecule has 1 fully saturated rings. The molecule has 7 heteroatoms. The van der Waals surface area contributed by atoms with Gasteiger partial charge in [-0.15, -0.1) is 0 Å². The number of methoxy groups -OCH3 is 1. The smallest absolute Gasteiger partial charge is 0.454 e. The van der Waals surface area contributed by atoms with Crippen LogP contribution in [-0.4, -0.2) is 31.1 Å². The van der Waals surface area contributed by atoms with Gasteiger partial charge in [0.15, 0.2) is 0 Å². The summed E-state index contributed by atoms with van der Waals surface area (Å²) in [7, 11) is 1.23. The SMILES string of the molecule is COC(=O)C(Cc1ccccc1)NC1=C(C(=O)C(F)(F)F)C2CCCC12. The average molecular weight is 367 g/mol. The molecule has 2 aliphatic rings. The van der Waals surface area contributed by atoms with E-state index in [0.717, 1.165) is 18.4 Å². The molecule has 1 aromatic rings. The number of esters is 1. The van der Waals surface area contributed by atoms with Gasteiger partial charge in [-0.25, -0.2) is 4.79 Å². The van der Waals surface area contributed by atoms with E-state index in [4.69, 9.17) is 4.74 Å². The molecule has 0 bridgehead atoms. The second kappa shape index (κ2) is 7.13. The summed E-state index contributed by atoms with van der Waals surface area (Å²) in [6.45, 7) is 0. The molecular weight excluding hydrogens is 347 g/mol. The Morgan fingerprint density at radius 3 is 2.46 bits per heavy atom. The lowest BCUT2D eigenvalue weighted by molar-refractivity contribution is -0.168. The number of Topliss-reactive ketones (excluding diaryl/α,β-unsaturated/α-hetero) is 1. The number of carbonyl (C=O) groups is 2. The second-order valence-electron chi connectivity index (χ2n) is 6.71. The van der Waals surface area contributed by atoms with Crippen LogP contribution in [0.25, 0.3) is 0 Å². The first-order valence-corrected chi connectivity index (χ1v) is 8.56. The van der Waals surface area contributed by atoms with Crippen molar-refractivity contribution in [1.82, 2.24) is 5.32 Å². The molecule has 4 nitrogen and oxygen atoms in total. The third-order valence-corrected chi connectivity index (χ3v) is 5.15. The number of ketones is 1. The largest absolute Gasteiger partial charge is 0.467 e. The van der Waals surface area contributed by atoms with Crippen molar-refractivity contribution in [3.05, 3.63) is 47.2 Å². The van der Waals surface area contributed by atoms with Crippen LogP contribution in [0.1, 0.15) is 24.8 Å². The van der Waals surface area contributed by atoms with Gasteiger partial charge in [0.05, 0.1) is 7.11 Å². The lowest BCUT2D eigenvalue weighted by atomic mass is 9.71. The van der Waals surface area contributed by atoms with E-state index in [1.165, 1.54) is 7.11 Å². The number of hydrogen-bond acceptors (Lipinski definition) is 4. The van der Waals surface area contributed by atoms with E-state index in [2.05, 4.69) is 5.32 Å². The van der Waals surface area contributed by atoms with E-state index < -0.39 is 24.0 Å². The number of rotatable bonds is 6. The summed E-state index contributed by atoms with van der Waals surface area (Å²) in [5, 5.41) is 2.91. The zero-order chi connectivity index (χ0) is 18.9. The maximum Gasteiger partial charge on any atom is 0.454 e. The standard InChI is InChI=1S/C19H20F3NO3/c1-26-18(25)14(10-11-6-3-2-4-7-11)23-16-13-9-5-8-12(13)15(16)17(24)19(20,21)22/h2-4,6-7,12-14,23H,5,8-10H2,1H3. The average Bonchev–Trinajstić information content (AvgIpc) is 3.01. The lowest BCUT2D eigenvalue weighted by Crippen LogP contribution is -2.48. The summed E-state index contributed by atoms with van der Waals surface area (Å²) < 4.78 is 43.7. The highest BCUT2D eigenvalue weighted by molar-refractivity contribution is 6.02. The summed E-state index contributed by atoms with van der Waals surface area (Å²) >= 11 is 0. The highest BCUT2D eigenvalue weighted by Crippen LogP contribution is 2.52. The summed E-state index contributed by atoms with van der Waals surface area (Å²) in [6, 6.07) is 8.28. The molecule has 0 aliphatic heterocycles. The number of halogens is 3. The van der Waals surface area contributed by atoms with E-state index in [1.807, 2.05) is 30.3 Å². The molecule has 0 heterocycles. The van der Waals surface area contributed by atoms with Crippen LogP contribution in [0.4, 0.5) is 13.2 Å². The summed E-state index contributed by atoms with van der Waals surface area (Å²) in [6.07, 6.45) is -2.57. The van der Waals surface area contributed by atoms with E-state index in [-0.39, 0.29) is 29.5 Å². The Hall–Kier alpha value is -2.31. The highest BCUT2D eigenvalue weighted by atomic mass is 19.4. The van der Waals surface area contributed by atoms with Crippen LogP contribution in [-0.2, 0) is 20.7 Å². The molecule has 1 saturated carbocycles. The van der Waals surface area contributed by atoms with Gasteiger partial charge in [-0.3, -0.25) is 4.79 Å². The zero-order valence-electron chi connectivity index (χ0n) is 14.3. The van der Waals surface area contributed by atoms with Gasteiger partial charge in [-0.05, 0) is 24.3 Å². The van der Waals surface area contributed by atoms with Gasteiger partial charge < -0.3 is 10.1 Å². The van der Waals surface area contributed by atoms with E-state index in [1.54, 1.807) is 0 Å². The molecule has 3 rings (SSSR count). The number of benzene rings is 1. The van der Waals surface area contributed by atoms with Crippen molar-refractivity contribution in [2.45, 2.75) is 37.9 Å². The zero-order valence-corrected chi connectivity index (χ0v) is 14.3. The van der Waals surface area contributed by atoms with E-state index in [9.17, 15) is 22.8 Å². The van der Waals surface area contributed by atoms with Crippen LogP contribution in [0.3, 0.4) is 0 Å². The minimum absolute atomic E-state index is 0.112. The number of alkyl halides is 3. The van der Waals surface area contributed by atoms with Gasteiger partial charge >= 0.3 is 12.1 Å². The molecule has 0 radical (unpaired) electrons. The Bertz CT molecular complexity index is 727.